The van der Waals surface area contributed by atoms with Gasteiger partial charge in [-0.1, -0.05) is 31.6 Å². The van der Waals surface area contributed by atoms with E-state index in [1.807, 2.05) is 25.1 Å². The van der Waals surface area contributed by atoms with Gasteiger partial charge in [0.15, 0.2) is 0 Å². The Bertz CT molecular complexity index is 276. The smallest absolute Gasteiger partial charge is 0.126 e. The molecule has 0 aliphatic heterocycles. The van der Waals surface area contributed by atoms with Crippen LogP contribution in [0.15, 0.2) is 36.6 Å². The number of aryl methyl sites for hydroxylation is 1. The topological polar surface area (TPSA) is 9.23 Å². The first-order valence-corrected chi connectivity index (χ1v) is 4.73. The average Bonchev–Trinajstić information content (AvgIpc) is 2.16. The van der Waals surface area contributed by atoms with Crippen LogP contribution in [0.1, 0.15) is 25.8 Å². The Morgan fingerprint density at radius 1 is 1.38 bits per heavy atom. The number of hydrogen-bond acceptors (Lipinski definition) is 1. The molecule has 0 saturated carbocycles. The number of ether oxygens (including phenoxy) is 1. The number of hydrogen-bond donors (Lipinski definition) is 0. The molecule has 0 saturated heterocycles. The zero-order valence-electron chi connectivity index (χ0n) is 8.29. The molecule has 0 bridgehead atoms. The molecule has 0 amide bonds. The average molecular weight is 176 g/mol. The van der Waals surface area contributed by atoms with E-state index < -0.39 is 0 Å². The van der Waals surface area contributed by atoms with Crippen molar-refractivity contribution in [3.8, 4) is 5.75 Å². The molecule has 1 aromatic rings. The van der Waals surface area contributed by atoms with Crippen LogP contribution >= 0.6 is 0 Å². The van der Waals surface area contributed by atoms with E-state index >= 15 is 0 Å². The van der Waals surface area contributed by atoms with Crippen molar-refractivity contribution in [3.05, 3.63) is 42.2 Å². The summed E-state index contributed by atoms with van der Waals surface area (Å²) in [4.78, 5) is 0. The molecule has 0 aliphatic carbocycles. The Morgan fingerprint density at radius 2 is 2.23 bits per heavy atom. The first-order valence-electron chi connectivity index (χ1n) is 4.73. The van der Waals surface area contributed by atoms with Crippen LogP contribution in [0.5, 0.6) is 5.75 Å². The van der Waals surface area contributed by atoms with Crippen LogP contribution in [-0.4, -0.2) is 0 Å². The standard InChI is InChI=1S/C12H16O/c1-3-6-11-7-5-8-12(10-11)13-9-4-2/h4-5,7-10H,3,6H2,1-2H3/b9-4+. The van der Waals surface area contributed by atoms with Crippen LogP contribution in [0.25, 0.3) is 0 Å². The third-order valence-corrected chi connectivity index (χ3v) is 1.78. The van der Waals surface area contributed by atoms with Gasteiger partial charge in [-0.25, -0.2) is 0 Å². The first kappa shape index (κ1) is 9.85. The molecule has 0 radical (unpaired) electrons. The predicted molar refractivity (Wildman–Crippen MR) is 55.9 cm³/mol. The summed E-state index contributed by atoms with van der Waals surface area (Å²) in [6, 6.07) is 8.22. The van der Waals surface area contributed by atoms with E-state index in [1.165, 1.54) is 12.0 Å². The molecule has 13 heavy (non-hydrogen) atoms. The predicted octanol–water partition coefficient (Wildman–Crippen LogP) is 3.55. The molecule has 0 N–H and O–H groups in total. The first-order chi connectivity index (χ1) is 6.36. The molecule has 0 atom stereocenters. The summed E-state index contributed by atoms with van der Waals surface area (Å²) in [5, 5.41) is 0. The van der Waals surface area contributed by atoms with E-state index in [0.717, 1.165) is 12.2 Å². The third kappa shape index (κ3) is 3.32. The van der Waals surface area contributed by atoms with Gasteiger partial charge in [0, 0.05) is 0 Å². The van der Waals surface area contributed by atoms with E-state index in [4.69, 9.17) is 4.74 Å². The second kappa shape index (κ2) is 5.41. The van der Waals surface area contributed by atoms with Crippen molar-refractivity contribution in [3.63, 3.8) is 0 Å². The zero-order valence-corrected chi connectivity index (χ0v) is 8.29. The highest BCUT2D eigenvalue weighted by Gasteiger charge is 1.93. The normalized spacial score (nSPS) is 10.6. The van der Waals surface area contributed by atoms with Crippen molar-refractivity contribution < 1.29 is 4.74 Å². The van der Waals surface area contributed by atoms with Crippen molar-refractivity contribution in [1.82, 2.24) is 0 Å². The lowest BCUT2D eigenvalue weighted by Crippen LogP contribution is -1.85. The molecule has 0 aromatic heterocycles. The van der Waals surface area contributed by atoms with Crippen molar-refractivity contribution in [1.29, 1.82) is 0 Å². The van der Waals surface area contributed by atoms with Crippen LogP contribution in [0.4, 0.5) is 0 Å². The minimum Gasteiger partial charge on any atom is -0.465 e. The fraction of sp³-hybridized carbons (Fsp3) is 0.333. The number of rotatable bonds is 4. The van der Waals surface area contributed by atoms with Crippen LogP contribution in [0.3, 0.4) is 0 Å². The Kier molecular flexibility index (Phi) is 4.10. The second-order valence-electron chi connectivity index (χ2n) is 2.98. The Hall–Kier alpha value is -1.24. The molecular formula is C12H16O. The molecule has 1 heteroatoms. The Morgan fingerprint density at radius 3 is 2.92 bits per heavy atom. The zero-order chi connectivity index (χ0) is 9.52. The van der Waals surface area contributed by atoms with Crippen molar-refractivity contribution in [2.45, 2.75) is 26.7 Å². The van der Waals surface area contributed by atoms with E-state index in [9.17, 15) is 0 Å². The molecular weight excluding hydrogens is 160 g/mol. The van der Waals surface area contributed by atoms with Crippen LogP contribution in [-0.2, 0) is 6.42 Å². The Labute approximate surface area is 80.0 Å². The summed E-state index contributed by atoms with van der Waals surface area (Å²) >= 11 is 0. The summed E-state index contributed by atoms with van der Waals surface area (Å²) in [5.74, 6) is 0.920. The molecule has 1 nitrogen and oxygen atoms in total. The molecule has 0 unspecified atom stereocenters. The van der Waals surface area contributed by atoms with Gasteiger partial charge in [0.2, 0.25) is 0 Å². The van der Waals surface area contributed by atoms with Gasteiger partial charge in [-0.2, -0.15) is 0 Å². The van der Waals surface area contributed by atoms with Gasteiger partial charge >= 0.3 is 0 Å². The minimum atomic E-state index is 0.920. The Balaban J connectivity index is 2.67. The van der Waals surface area contributed by atoms with Gasteiger partial charge in [0.05, 0.1) is 6.26 Å². The van der Waals surface area contributed by atoms with E-state index in [0.29, 0.717) is 0 Å². The molecule has 1 aromatic carbocycles. The maximum absolute atomic E-state index is 5.36. The van der Waals surface area contributed by atoms with Gasteiger partial charge in [-0.3, -0.25) is 0 Å². The largest absolute Gasteiger partial charge is 0.465 e. The van der Waals surface area contributed by atoms with Gasteiger partial charge < -0.3 is 4.74 Å². The lowest BCUT2D eigenvalue weighted by molar-refractivity contribution is 0.479. The lowest BCUT2D eigenvalue weighted by atomic mass is 10.1. The van der Waals surface area contributed by atoms with Crippen LogP contribution in [0, 0.1) is 0 Å². The fourth-order valence-corrected chi connectivity index (χ4v) is 1.21. The third-order valence-electron chi connectivity index (χ3n) is 1.78. The van der Waals surface area contributed by atoms with E-state index in [2.05, 4.69) is 19.1 Å². The molecule has 0 heterocycles. The van der Waals surface area contributed by atoms with Gasteiger partial charge in [-0.15, -0.1) is 0 Å². The summed E-state index contributed by atoms with van der Waals surface area (Å²) in [7, 11) is 0. The maximum atomic E-state index is 5.36. The van der Waals surface area contributed by atoms with Gasteiger partial charge in [-0.05, 0) is 31.0 Å². The monoisotopic (exact) mass is 176 g/mol. The quantitative estimate of drug-likeness (QED) is 0.637. The summed E-state index contributed by atoms with van der Waals surface area (Å²) in [5.41, 5.74) is 1.34. The highest BCUT2D eigenvalue weighted by atomic mass is 16.5. The summed E-state index contributed by atoms with van der Waals surface area (Å²) < 4.78 is 5.36. The van der Waals surface area contributed by atoms with E-state index in [-0.39, 0.29) is 0 Å². The van der Waals surface area contributed by atoms with E-state index in [1.54, 1.807) is 6.26 Å². The molecule has 0 fully saturated rings. The molecule has 0 aliphatic rings. The lowest BCUT2D eigenvalue weighted by Gasteiger charge is -2.02. The van der Waals surface area contributed by atoms with Crippen molar-refractivity contribution in [2.24, 2.45) is 0 Å². The van der Waals surface area contributed by atoms with Gasteiger partial charge in [0.25, 0.3) is 0 Å². The van der Waals surface area contributed by atoms with Crippen molar-refractivity contribution >= 4 is 0 Å². The highest BCUT2D eigenvalue weighted by Crippen LogP contribution is 2.14. The van der Waals surface area contributed by atoms with Crippen LogP contribution < -0.4 is 4.74 Å². The highest BCUT2D eigenvalue weighted by molar-refractivity contribution is 5.29. The minimum absolute atomic E-state index is 0.920. The number of allylic oxidation sites excluding steroid dienone is 1. The molecule has 70 valence electrons. The summed E-state index contributed by atoms with van der Waals surface area (Å²) in [6.45, 7) is 4.12. The van der Waals surface area contributed by atoms with Gasteiger partial charge in [0.1, 0.15) is 5.75 Å². The SMILES string of the molecule is C/C=C/Oc1cccc(CCC)c1. The fourth-order valence-electron chi connectivity index (χ4n) is 1.21. The maximum Gasteiger partial charge on any atom is 0.126 e. The molecule has 1 rings (SSSR count). The molecule has 0 spiro atoms. The summed E-state index contributed by atoms with van der Waals surface area (Å²) in [6.07, 6.45) is 5.87. The van der Waals surface area contributed by atoms with Crippen molar-refractivity contribution in [2.75, 3.05) is 0 Å². The second-order valence-corrected chi connectivity index (χ2v) is 2.98. The number of benzene rings is 1. The van der Waals surface area contributed by atoms with Crippen LogP contribution in [0.2, 0.25) is 0 Å².